The van der Waals surface area contributed by atoms with Crippen molar-refractivity contribution in [2.75, 3.05) is 7.11 Å². The number of nitro groups is 1. The number of hydrogen-bond donors (Lipinski definition) is 0. The predicted octanol–water partition coefficient (Wildman–Crippen LogP) is 4.42. The molecule has 0 aromatic heterocycles. The minimum absolute atomic E-state index is 0.0510. The maximum atomic E-state index is 11.7. The van der Waals surface area contributed by atoms with Crippen LogP contribution in [-0.2, 0) is 11.2 Å². The number of carbonyl (C=O) groups is 1. The van der Waals surface area contributed by atoms with Gasteiger partial charge in [0.25, 0.3) is 5.69 Å². The molecule has 2 aromatic rings. The zero-order chi connectivity index (χ0) is 21.4. The minimum Gasteiger partial charge on any atom is -0.497 e. The van der Waals surface area contributed by atoms with Gasteiger partial charge in [0.05, 0.1) is 23.8 Å². The molecule has 0 N–H and O–H groups in total. The summed E-state index contributed by atoms with van der Waals surface area (Å²) >= 11 is 0. The molecule has 0 bridgehead atoms. The number of allylic oxidation sites excluding steroid dienone is 2. The van der Waals surface area contributed by atoms with E-state index in [0.29, 0.717) is 0 Å². The molecule has 154 valence electrons. The zero-order valence-corrected chi connectivity index (χ0v) is 17.2. The van der Waals surface area contributed by atoms with Crippen molar-refractivity contribution in [3.05, 3.63) is 81.0 Å². The second-order valence-corrected chi connectivity index (χ2v) is 7.69. The van der Waals surface area contributed by atoms with Gasteiger partial charge in [0.15, 0.2) is 5.78 Å². The van der Waals surface area contributed by atoms with E-state index in [-0.39, 0.29) is 28.4 Å². The molecule has 1 heterocycles. The van der Waals surface area contributed by atoms with Crippen LogP contribution >= 0.6 is 0 Å². The van der Waals surface area contributed by atoms with Crippen LogP contribution in [0.4, 0.5) is 5.69 Å². The summed E-state index contributed by atoms with van der Waals surface area (Å²) in [5.74, 6) is 0.819. The fourth-order valence-corrected chi connectivity index (χ4v) is 4.44. The molecule has 1 aliphatic heterocycles. The summed E-state index contributed by atoms with van der Waals surface area (Å²) in [6.07, 6.45) is 3.28. The van der Waals surface area contributed by atoms with Crippen LogP contribution in [0.3, 0.4) is 0 Å². The summed E-state index contributed by atoms with van der Waals surface area (Å²) < 4.78 is 5.36. The van der Waals surface area contributed by atoms with Crippen LogP contribution in [0.2, 0.25) is 0 Å². The molecule has 0 saturated carbocycles. The van der Waals surface area contributed by atoms with Gasteiger partial charge in [-0.25, -0.2) is 0 Å². The van der Waals surface area contributed by atoms with E-state index >= 15 is 0 Å². The molecule has 7 nitrogen and oxygen atoms in total. The third kappa shape index (κ3) is 3.47. The Hall–Kier alpha value is -3.48. The minimum atomic E-state index is -0.384. The van der Waals surface area contributed by atoms with Crippen molar-refractivity contribution < 1.29 is 14.5 Å². The van der Waals surface area contributed by atoms with Gasteiger partial charge in [-0.2, -0.15) is 5.10 Å². The highest BCUT2D eigenvalue weighted by Gasteiger charge is 2.42. The molecule has 0 radical (unpaired) electrons. The van der Waals surface area contributed by atoms with Crippen LogP contribution in [0.15, 0.2) is 59.3 Å². The number of methoxy groups -OCH3 is 1. The Bertz CT molecular complexity index is 1090. The Balaban J connectivity index is 1.83. The Morgan fingerprint density at radius 2 is 2.07 bits per heavy atom. The van der Waals surface area contributed by atoms with Crippen molar-refractivity contribution in [3.8, 4) is 5.75 Å². The van der Waals surface area contributed by atoms with Crippen molar-refractivity contribution in [1.29, 1.82) is 0 Å². The molecule has 2 atom stereocenters. The lowest BCUT2D eigenvalue weighted by Crippen LogP contribution is -2.28. The SMILES string of the molecule is COc1ccc2c(c1)CC[C@@H]1C2=NN(/C(C)=C/C(C)=O)[C@@H]1c1cccc([N+](=O)[O-])c1. The average Bonchev–Trinajstić information content (AvgIpc) is 3.13. The van der Waals surface area contributed by atoms with E-state index in [1.165, 1.54) is 18.6 Å². The van der Waals surface area contributed by atoms with E-state index in [0.717, 1.165) is 41.1 Å². The van der Waals surface area contributed by atoms with Gasteiger partial charge in [-0.3, -0.25) is 19.9 Å². The molecular weight excluding hydrogens is 382 g/mol. The van der Waals surface area contributed by atoms with Gasteiger partial charge in [0.2, 0.25) is 0 Å². The number of carbonyl (C=O) groups excluding carboxylic acids is 1. The Labute approximate surface area is 174 Å². The van der Waals surface area contributed by atoms with Crippen molar-refractivity contribution in [2.45, 2.75) is 32.7 Å². The molecule has 0 unspecified atom stereocenters. The van der Waals surface area contributed by atoms with Crippen LogP contribution in [0.5, 0.6) is 5.75 Å². The van der Waals surface area contributed by atoms with Crippen LogP contribution in [0, 0.1) is 16.0 Å². The molecule has 0 saturated heterocycles. The highest BCUT2D eigenvalue weighted by molar-refractivity contribution is 6.06. The number of nitrogens with zero attached hydrogens (tertiary/aromatic N) is 3. The van der Waals surface area contributed by atoms with Crippen molar-refractivity contribution >= 4 is 17.2 Å². The summed E-state index contributed by atoms with van der Waals surface area (Å²) in [4.78, 5) is 22.7. The quantitative estimate of drug-likeness (QED) is 0.418. The van der Waals surface area contributed by atoms with E-state index in [1.807, 2.05) is 36.2 Å². The van der Waals surface area contributed by atoms with Crippen LogP contribution < -0.4 is 4.74 Å². The number of nitro benzene ring substituents is 1. The lowest BCUT2D eigenvalue weighted by atomic mass is 9.77. The first-order valence-electron chi connectivity index (χ1n) is 9.87. The summed E-state index contributed by atoms with van der Waals surface area (Å²) in [6.45, 7) is 3.35. The summed E-state index contributed by atoms with van der Waals surface area (Å²) in [6, 6.07) is 12.5. The topological polar surface area (TPSA) is 85.0 Å². The van der Waals surface area contributed by atoms with Crippen LogP contribution in [0.25, 0.3) is 0 Å². The first kappa shape index (κ1) is 19.8. The fraction of sp³-hybridized carbons (Fsp3) is 0.304. The zero-order valence-electron chi connectivity index (χ0n) is 17.2. The van der Waals surface area contributed by atoms with Crippen molar-refractivity contribution in [1.82, 2.24) is 5.01 Å². The normalized spacial score (nSPS) is 20.3. The number of hydrazone groups is 1. The van der Waals surface area contributed by atoms with Gasteiger partial charge in [-0.15, -0.1) is 0 Å². The fourth-order valence-electron chi connectivity index (χ4n) is 4.44. The molecule has 0 spiro atoms. The highest BCUT2D eigenvalue weighted by atomic mass is 16.6. The molecule has 0 amide bonds. The van der Waals surface area contributed by atoms with Crippen molar-refractivity contribution in [2.24, 2.45) is 11.0 Å². The number of aryl methyl sites for hydroxylation is 1. The lowest BCUT2D eigenvalue weighted by Gasteiger charge is -2.31. The van der Waals surface area contributed by atoms with Gasteiger partial charge in [0.1, 0.15) is 5.75 Å². The molecule has 0 fully saturated rings. The molecule has 2 aromatic carbocycles. The maximum absolute atomic E-state index is 11.7. The van der Waals surface area contributed by atoms with E-state index in [4.69, 9.17) is 9.84 Å². The molecule has 4 rings (SSSR count). The van der Waals surface area contributed by atoms with Gasteiger partial charge in [-0.05, 0) is 56.0 Å². The third-order valence-electron chi connectivity index (χ3n) is 5.72. The van der Waals surface area contributed by atoms with Crippen LogP contribution in [0.1, 0.15) is 43.0 Å². The second-order valence-electron chi connectivity index (χ2n) is 7.69. The first-order chi connectivity index (χ1) is 14.4. The number of ether oxygens (including phenoxy) is 1. The van der Waals surface area contributed by atoms with Crippen LogP contribution in [-0.4, -0.2) is 28.5 Å². The summed E-state index contributed by atoms with van der Waals surface area (Å²) in [5.41, 5.74) is 4.79. The number of hydrogen-bond acceptors (Lipinski definition) is 6. The maximum Gasteiger partial charge on any atom is 0.269 e. The predicted molar refractivity (Wildman–Crippen MR) is 113 cm³/mol. The number of non-ortho nitro benzene ring substituents is 1. The van der Waals surface area contributed by atoms with E-state index in [9.17, 15) is 14.9 Å². The number of rotatable bonds is 5. The first-order valence-corrected chi connectivity index (χ1v) is 9.87. The molecule has 1 aliphatic carbocycles. The number of fused-ring (bicyclic) bond motifs is 3. The van der Waals surface area contributed by atoms with E-state index < -0.39 is 0 Å². The highest BCUT2D eigenvalue weighted by Crippen LogP contribution is 2.45. The van der Waals surface area contributed by atoms with Gasteiger partial charge in [-0.1, -0.05) is 12.1 Å². The lowest BCUT2D eigenvalue weighted by molar-refractivity contribution is -0.385. The smallest absolute Gasteiger partial charge is 0.269 e. The van der Waals surface area contributed by atoms with E-state index in [2.05, 4.69) is 0 Å². The Morgan fingerprint density at radius 1 is 1.27 bits per heavy atom. The summed E-state index contributed by atoms with van der Waals surface area (Å²) in [5, 5.41) is 18.1. The second kappa shape index (κ2) is 7.74. The van der Waals surface area contributed by atoms with Crippen molar-refractivity contribution in [3.63, 3.8) is 0 Å². The number of ketones is 1. The Morgan fingerprint density at radius 3 is 2.77 bits per heavy atom. The van der Waals surface area contributed by atoms with E-state index in [1.54, 1.807) is 25.3 Å². The molecular formula is C23H23N3O4. The largest absolute Gasteiger partial charge is 0.497 e. The molecule has 7 heteroatoms. The standard InChI is InChI=1S/C23H23N3O4/c1-14(11-15(2)27)25-23(17-5-4-6-18(12-17)26(28)29)21-9-7-16-13-19(30-3)8-10-20(16)22(21)24-25/h4-6,8,10-13,21,23H,7,9H2,1-3H3/b14-11+/t21-,23-/m1/s1. The monoisotopic (exact) mass is 405 g/mol. The average molecular weight is 405 g/mol. The number of benzene rings is 2. The summed E-state index contributed by atoms with van der Waals surface area (Å²) in [7, 11) is 1.65. The van der Waals surface area contributed by atoms with Gasteiger partial charge >= 0.3 is 0 Å². The molecule has 30 heavy (non-hydrogen) atoms. The van der Waals surface area contributed by atoms with Gasteiger partial charge in [0, 0.05) is 35.4 Å². The Kier molecular flexibility index (Phi) is 5.11. The third-order valence-corrected chi connectivity index (χ3v) is 5.72. The molecule has 2 aliphatic rings. The van der Waals surface area contributed by atoms with Gasteiger partial charge < -0.3 is 4.74 Å².